The van der Waals surface area contributed by atoms with E-state index in [1.54, 1.807) is 0 Å². The zero-order valence-electron chi connectivity index (χ0n) is 14.3. The van der Waals surface area contributed by atoms with Crippen molar-refractivity contribution in [2.75, 3.05) is 16.9 Å². The third-order valence-electron chi connectivity index (χ3n) is 3.57. The van der Waals surface area contributed by atoms with Crippen molar-refractivity contribution in [3.05, 3.63) is 45.4 Å². The van der Waals surface area contributed by atoms with Crippen LogP contribution in [-0.2, 0) is 16.0 Å². The lowest BCUT2D eigenvalue weighted by Crippen LogP contribution is -2.34. The zero-order valence-corrected chi connectivity index (χ0v) is 15.1. The van der Waals surface area contributed by atoms with Gasteiger partial charge in [0.2, 0.25) is 11.1 Å². The largest absolute Gasteiger partial charge is 0.550 e. The van der Waals surface area contributed by atoms with Crippen LogP contribution in [0.5, 0.6) is 0 Å². The molecule has 10 heteroatoms. The summed E-state index contributed by atoms with van der Waals surface area (Å²) in [5, 5.41) is 20.8. The van der Waals surface area contributed by atoms with Crippen molar-refractivity contribution in [1.82, 2.24) is 14.9 Å². The maximum absolute atomic E-state index is 12.2. The number of carboxylic acids is 1. The summed E-state index contributed by atoms with van der Waals surface area (Å²) in [4.78, 5) is 34.6. The number of thioether (sulfide) groups is 1. The highest BCUT2D eigenvalue weighted by Crippen LogP contribution is 2.20. The fraction of sp³-hybridized carbons (Fsp3) is 0.312. The van der Waals surface area contributed by atoms with Crippen LogP contribution in [0, 0.1) is 13.8 Å². The van der Waals surface area contributed by atoms with Crippen LogP contribution in [0.2, 0.25) is 0 Å². The van der Waals surface area contributed by atoms with Gasteiger partial charge in [-0.2, -0.15) is 4.68 Å². The van der Waals surface area contributed by atoms with E-state index in [1.807, 2.05) is 32.0 Å². The number of nitrogens with two attached hydrogens (primary N) is 1. The van der Waals surface area contributed by atoms with Gasteiger partial charge in [-0.25, -0.2) is 0 Å². The van der Waals surface area contributed by atoms with E-state index in [1.165, 1.54) is 0 Å². The molecule has 0 saturated heterocycles. The van der Waals surface area contributed by atoms with Crippen molar-refractivity contribution in [2.45, 2.75) is 31.8 Å². The molecule has 0 aliphatic heterocycles. The quantitative estimate of drug-likeness (QED) is 0.481. The number of nitrogen functional groups attached to an aromatic ring is 1. The molecule has 1 aromatic heterocycles. The Balaban J connectivity index is 2.03. The third kappa shape index (κ3) is 4.82. The van der Waals surface area contributed by atoms with Gasteiger partial charge in [0.05, 0.1) is 5.75 Å². The number of nitrogens with one attached hydrogen (secondary N) is 1. The van der Waals surface area contributed by atoms with Gasteiger partial charge in [-0.05, 0) is 31.4 Å². The van der Waals surface area contributed by atoms with Crippen LogP contribution in [0.1, 0.15) is 23.2 Å². The number of hydrogen-bond acceptors (Lipinski definition) is 8. The second-order valence-electron chi connectivity index (χ2n) is 5.58. The summed E-state index contributed by atoms with van der Waals surface area (Å²) in [5.41, 5.74) is 1.90. The number of carboxylic acid groups (broad SMARTS) is 1. The number of benzene rings is 1. The van der Waals surface area contributed by atoms with Gasteiger partial charge in [-0.15, -0.1) is 10.2 Å². The Bertz CT molecular complexity index is 876. The van der Waals surface area contributed by atoms with Gasteiger partial charge in [0, 0.05) is 18.1 Å². The maximum atomic E-state index is 12.2. The summed E-state index contributed by atoms with van der Waals surface area (Å²) < 4.78 is 0.759. The number of aromatic nitrogens is 3. The van der Waals surface area contributed by atoms with Gasteiger partial charge < -0.3 is 21.1 Å². The van der Waals surface area contributed by atoms with Crippen LogP contribution < -0.4 is 21.8 Å². The summed E-state index contributed by atoms with van der Waals surface area (Å²) in [6.45, 7) is 3.79. The van der Waals surface area contributed by atoms with Crippen molar-refractivity contribution < 1.29 is 14.7 Å². The average Bonchev–Trinajstić information content (AvgIpc) is 2.58. The van der Waals surface area contributed by atoms with E-state index in [-0.39, 0.29) is 35.4 Å². The van der Waals surface area contributed by atoms with Gasteiger partial charge in [0.15, 0.2) is 0 Å². The first-order valence-corrected chi connectivity index (χ1v) is 8.70. The molecule has 0 radical (unpaired) electrons. The molecule has 0 bridgehead atoms. The molecule has 0 saturated carbocycles. The van der Waals surface area contributed by atoms with E-state index in [0.717, 1.165) is 33.3 Å². The Morgan fingerprint density at radius 1 is 1.27 bits per heavy atom. The molecule has 1 heterocycles. The Kier molecular flexibility index (Phi) is 6.34. The van der Waals surface area contributed by atoms with Gasteiger partial charge in [-0.3, -0.25) is 9.59 Å². The average molecular weight is 376 g/mol. The molecule has 0 atom stereocenters. The highest BCUT2D eigenvalue weighted by Gasteiger charge is 2.13. The van der Waals surface area contributed by atoms with Crippen molar-refractivity contribution in [2.24, 2.45) is 0 Å². The number of hydrogen-bond donors (Lipinski definition) is 2. The fourth-order valence-electron chi connectivity index (χ4n) is 2.21. The minimum absolute atomic E-state index is 0.0164. The molecule has 0 unspecified atom stereocenters. The molecule has 3 N–H and O–H groups in total. The van der Waals surface area contributed by atoms with E-state index in [0.29, 0.717) is 0 Å². The number of aryl methyl sites for hydroxylation is 3. The Morgan fingerprint density at radius 3 is 2.54 bits per heavy atom. The van der Waals surface area contributed by atoms with Crippen LogP contribution in [0.3, 0.4) is 0 Å². The van der Waals surface area contributed by atoms with Crippen LogP contribution in [0.25, 0.3) is 0 Å². The molecule has 26 heavy (non-hydrogen) atoms. The van der Waals surface area contributed by atoms with Crippen LogP contribution in [0.4, 0.5) is 5.69 Å². The van der Waals surface area contributed by atoms with E-state index in [2.05, 4.69) is 15.5 Å². The SMILES string of the molecule is Cc1cccc(C)c1NC(=O)CSc1nnc(CCC(=O)[O-])c(=O)n1N. The first-order chi connectivity index (χ1) is 12.3. The summed E-state index contributed by atoms with van der Waals surface area (Å²) in [7, 11) is 0. The van der Waals surface area contributed by atoms with Crippen LogP contribution in [0.15, 0.2) is 28.2 Å². The molecule has 138 valence electrons. The second kappa shape index (κ2) is 8.48. The van der Waals surface area contributed by atoms with Crippen molar-refractivity contribution in [1.29, 1.82) is 0 Å². The number of carbonyl (C=O) groups excluding carboxylic acids is 2. The van der Waals surface area contributed by atoms with E-state index in [4.69, 9.17) is 5.84 Å². The lowest BCUT2D eigenvalue weighted by atomic mass is 10.1. The molecule has 2 aromatic rings. The molecule has 0 aliphatic rings. The van der Waals surface area contributed by atoms with Crippen LogP contribution in [-0.4, -0.2) is 32.5 Å². The number of amides is 1. The van der Waals surface area contributed by atoms with Gasteiger partial charge in [0.25, 0.3) is 5.56 Å². The number of para-hydroxylation sites is 1. The predicted octanol–water partition coefficient (Wildman–Crippen LogP) is -0.618. The smallest absolute Gasteiger partial charge is 0.294 e. The molecule has 0 spiro atoms. The molecule has 1 amide bonds. The summed E-state index contributed by atoms with van der Waals surface area (Å²) in [5.74, 6) is 4.08. The molecular weight excluding hydrogens is 358 g/mol. The fourth-order valence-corrected chi connectivity index (χ4v) is 2.87. The van der Waals surface area contributed by atoms with E-state index >= 15 is 0 Å². The summed E-state index contributed by atoms with van der Waals surface area (Å²) in [6.07, 6.45) is -0.474. The number of rotatable bonds is 7. The molecule has 9 nitrogen and oxygen atoms in total. The number of aliphatic carboxylic acids is 1. The Hall–Kier alpha value is -2.88. The lowest BCUT2D eigenvalue weighted by molar-refractivity contribution is -0.305. The van der Waals surface area contributed by atoms with Gasteiger partial charge in [-0.1, -0.05) is 30.0 Å². The number of anilines is 1. The zero-order chi connectivity index (χ0) is 19.3. The van der Waals surface area contributed by atoms with Crippen molar-refractivity contribution in [3.8, 4) is 0 Å². The van der Waals surface area contributed by atoms with E-state index in [9.17, 15) is 19.5 Å². The van der Waals surface area contributed by atoms with Crippen LogP contribution >= 0.6 is 11.8 Å². The monoisotopic (exact) mass is 376 g/mol. The first kappa shape index (κ1) is 19.4. The van der Waals surface area contributed by atoms with E-state index < -0.39 is 11.5 Å². The molecule has 0 fully saturated rings. The summed E-state index contributed by atoms with van der Waals surface area (Å²) >= 11 is 0.957. The van der Waals surface area contributed by atoms with Crippen molar-refractivity contribution in [3.63, 3.8) is 0 Å². The molecule has 2 rings (SSSR count). The minimum Gasteiger partial charge on any atom is -0.550 e. The number of nitrogens with zero attached hydrogens (tertiary/aromatic N) is 3. The predicted molar refractivity (Wildman–Crippen MR) is 95.0 cm³/mol. The Labute approximate surface area is 153 Å². The third-order valence-corrected chi connectivity index (χ3v) is 4.51. The number of carbonyl (C=O) groups is 2. The molecular formula is C16H18N5O4S-. The Morgan fingerprint density at radius 2 is 1.92 bits per heavy atom. The first-order valence-electron chi connectivity index (χ1n) is 7.72. The molecule has 1 aromatic carbocycles. The molecule has 0 aliphatic carbocycles. The minimum atomic E-state index is -1.30. The van der Waals surface area contributed by atoms with Crippen molar-refractivity contribution >= 4 is 29.3 Å². The van der Waals surface area contributed by atoms with Gasteiger partial charge in [0.1, 0.15) is 5.69 Å². The second-order valence-corrected chi connectivity index (χ2v) is 6.52. The maximum Gasteiger partial charge on any atom is 0.294 e. The highest BCUT2D eigenvalue weighted by molar-refractivity contribution is 7.99. The standard InChI is InChI=1S/C16H19N5O4S/c1-9-4-3-5-10(2)14(9)18-12(22)8-26-16-20-19-11(6-7-13(23)24)15(25)21(16)17/h3-5H,6-8,17H2,1-2H3,(H,18,22)(H,23,24)/p-1. The topological polar surface area (TPSA) is 143 Å². The lowest BCUT2D eigenvalue weighted by Gasteiger charge is -2.11. The van der Waals surface area contributed by atoms with Gasteiger partial charge >= 0.3 is 0 Å². The summed E-state index contributed by atoms with van der Waals surface area (Å²) in [6, 6.07) is 5.69. The normalized spacial score (nSPS) is 10.5. The highest BCUT2D eigenvalue weighted by atomic mass is 32.2.